The summed E-state index contributed by atoms with van der Waals surface area (Å²) in [7, 11) is 0. The first-order valence-electron chi connectivity index (χ1n) is 6.81. The quantitative estimate of drug-likeness (QED) is 0.815. The Labute approximate surface area is 128 Å². The Morgan fingerprint density at radius 2 is 1.81 bits per heavy atom. The largest absolute Gasteiger partial charge is 0.352 e. The van der Waals surface area contributed by atoms with E-state index in [9.17, 15) is 9.18 Å². The summed E-state index contributed by atoms with van der Waals surface area (Å²) in [6, 6.07) is 15.8. The van der Waals surface area contributed by atoms with Crippen LogP contribution in [0.15, 0.2) is 54.6 Å². The average Bonchev–Trinajstić information content (AvgIpc) is 2.47. The molecule has 1 atom stereocenters. The molecule has 0 bridgehead atoms. The van der Waals surface area contributed by atoms with Crippen molar-refractivity contribution in [3.05, 3.63) is 71.5 Å². The lowest BCUT2D eigenvalue weighted by molar-refractivity contribution is -0.121. The van der Waals surface area contributed by atoms with E-state index in [-0.39, 0.29) is 24.2 Å². The molecular formula is C17H17ClFNO. The predicted molar refractivity (Wildman–Crippen MR) is 82.9 cm³/mol. The van der Waals surface area contributed by atoms with Gasteiger partial charge >= 0.3 is 0 Å². The van der Waals surface area contributed by atoms with Crippen molar-refractivity contribution >= 4 is 17.5 Å². The van der Waals surface area contributed by atoms with Crippen LogP contribution in [-0.4, -0.2) is 17.8 Å². The molecule has 2 nitrogen and oxygen atoms in total. The summed E-state index contributed by atoms with van der Waals surface area (Å²) in [5.74, 6) is -0.148. The van der Waals surface area contributed by atoms with Crippen molar-refractivity contribution in [2.75, 3.05) is 5.88 Å². The number of hydrogen-bond acceptors (Lipinski definition) is 1. The first-order chi connectivity index (χ1) is 10.2. The summed E-state index contributed by atoms with van der Waals surface area (Å²) in [6.07, 6.45) is 0.833. The Balaban J connectivity index is 1.90. The zero-order chi connectivity index (χ0) is 15.1. The second kappa shape index (κ2) is 7.79. The van der Waals surface area contributed by atoms with Gasteiger partial charge in [0.15, 0.2) is 0 Å². The molecule has 0 spiro atoms. The first kappa shape index (κ1) is 15.5. The van der Waals surface area contributed by atoms with Gasteiger partial charge < -0.3 is 5.32 Å². The van der Waals surface area contributed by atoms with Crippen molar-refractivity contribution in [2.45, 2.75) is 18.9 Å². The Kier molecular flexibility index (Phi) is 5.76. The minimum absolute atomic E-state index is 0.130. The molecule has 1 unspecified atom stereocenters. The van der Waals surface area contributed by atoms with Crippen molar-refractivity contribution in [3.8, 4) is 0 Å². The summed E-state index contributed by atoms with van der Waals surface area (Å²) >= 11 is 5.92. The highest BCUT2D eigenvalue weighted by Crippen LogP contribution is 2.07. The van der Waals surface area contributed by atoms with Crippen molar-refractivity contribution in [2.24, 2.45) is 0 Å². The van der Waals surface area contributed by atoms with Gasteiger partial charge in [-0.1, -0.05) is 42.5 Å². The van der Waals surface area contributed by atoms with Crippen molar-refractivity contribution < 1.29 is 9.18 Å². The van der Waals surface area contributed by atoms with Crippen LogP contribution in [0.1, 0.15) is 11.1 Å². The van der Waals surface area contributed by atoms with Crippen LogP contribution in [0, 0.1) is 5.82 Å². The number of carbonyl (C=O) groups excluding carboxylic acids is 1. The van der Waals surface area contributed by atoms with E-state index >= 15 is 0 Å². The molecule has 1 N–H and O–H groups in total. The second-order valence-corrected chi connectivity index (χ2v) is 5.22. The van der Waals surface area contributed by atoms with Crippen LogP contribution < -0.4 is 5.32 Å². The maximum atomic E-state index is 13.1. The fourth-order valence-electron chi connectivity index (χ4n) is 2.15. The highest BCUT2D eigenvalue weighted by molar-refractivity contribution is 6.18. The van der Waals surface area contributed by atoms with Crippen molar-refractivity contribution in [3.63, 3.8) is 0 Å². The Morgan fingerprint density at radius 1 is 1.10 bits per heavy atom. The molecule has 0 aliphatic carbocycles. The van der Waals surface area contributed by atoms with Crippen molar-refractivity contribution in [1.82, 2.24) is 5.32 Å². The number of carbonyl (C=O) groups is 1. The molecule has 21 heavy (non-hydrogen) atoms. The number of amides is 1. The van der Waals surface area contributed by atoms with E-state index in [0.717, 1.165) is 5.56 Å². The molecule has 2 aromatic rings. The molecule has 0 fully saturated rings. The van der Waals surface area contributed by atoms with E-state index in [0.29, 0.717) is 17.9 Å². The van der Waals surface area contributed by atoms with Gasteiger partial charge in [-0.3, -0.25) is 4.79 Å². The minimum atomic E-state index is -0.335. The Hall–Kier alpha value is -1.87. The van der Waals surface area contributed by atoms with E-state index in [4.69, 9.17) is 11.6 Å². The van der Waals surface area contributed by atoms with Crippen LogP contribution in [0.3, 0.4) is 0 Å². The molecule has 0 saturated heterocycles. The summed E-state index contributed by atoms with van der Waals surface area (Å²) in [4.78, 5) is 12.0. The lowest BCUT2D eigenvalue weighted by Crippen LogP contribution is -2.38. The fourth-order valence-corrected chi connectivity index (χ4v) is 2.34. The number of nitrogens with one attached hydrogen (secondary N) is 1. The van der Waals surface area contributed by atoms with Gasteiger partial charge in [-0.15, -0.1) is 11.6 Å². The van der Waals surface area contributed by atoms with Crippen LogP contribution in [0.5, 0.6) is 0 Å². The van der Waals surface area contributed by atoms with E-state index < -0.39 is 0 Å². The lowest BCUT2D eigenvalue weighted by atomic mass is 10.1. The first-order valence-corrected chi connectivity index (χ1v) is 7.34. The molecule has 0 radical (unpaired) electrons. The fraction of sp³-hybridized carbons (Fsp3) is 0.235. The predicted octanol–water partition coefficient (Wildman–Crippen LogP) is 3.33. The number of hydrogen-bond donors (Lipinski definition) is 1. The highest BCUT2D eigenvalue weighted by atomic mass is 35.5. The standard InChI is InChI=1S/C17H17ClFNO/c18-12-16(10-13-5-2-1-3-6-13)20-17(21)11-14-7-4-8-15(19)9-14/h1-9,16H,10-12H2,(H,20,21). The zero-order valence-electron chi connectivity index (χ0n) is 11.6. The highest BCUT2D eigenvalue weighted by Gasteiger charge is 2.12. The molecule has 0 aromatic heterocycles. The molecule has 0 aliphatic rings. The Morgan fingerprint density at radius 3 is 2.48 bits per heavy atom. The van der Waals surface area contributed by atoms with Crippen LogP contribution in [0.2, 0.25) is 0 Å². The van der Waals surface area contributed by atoms with Gasteiger partial charge in [-0.25, -0.2) is 4.39 Å². The SMILES string of the molecule is O=C(Cc1cccc(F)c1)NC(CCl)Cc1ccccc1. The van der Waals surface area contributed by atoms with Crippen molar-refractivity contribution in [1.29, 1.82) is 0 Å². The maximum Gasteiger partial charge on any atom is 0.224 e. The number of halogens is 2. The van der Waals surface area contributed by atoms with Crippen LogP contribution in [-0.2, 0) is 17.6 Å². The zero-order valence-corrected chi connectivity index (χ0v) is 12.3. The third-order valence-electron chi connectivity index (χ3n) is 3.13. The molecular weight excluding hydrogens is 289 g/mol. The lowest BCUT2D eigenvalue weighted by Gasteiger charge is -2.16. The normalized spacial score (nSPS) is 11.9. The molecule has 0 aliphatic heterocycles. The van der Waals surface area contributed by atoms with Crippen LogP contribution in [0.25, 0.3) is 0 Å². The molecule has 2 rings (SSSR count). The van der Waals surface area contributed by atoms with Gasteiger partial charge in [-0.2, -0.15) is 0 Å². The summed E-state index contributed by atoms with van der Waals surface area (Å²) in [5.41, 5.74) is 1.77. The minimum Gasteiger partial charge on any atom is -0.352 e. The van der Waals surface area contributed by atoms with Gasteiger partial charge in [0.25, 0.3) is 0 Å². The maximum absolute atomic E-state index is 13.1. The average molecular weight is 306 g/mol. The van der Waals surface area contributed by atoms with E-state index in [1.807, 2.05) is 30.3 Å². The smallest absolute Gasteiger partial charge is 0.224 e. The topological polar surface area (TPSA) is 29.1 Å². The molecule has 2 aromatic carbocycles. The van der Waals surface area contributed by atoms with E-state index in [1.54, 1.807) is 12.1 Å². The summed E-state index contributed by atoms with van der Waals surface area (Å²) < 4.78 is 13.1. The third kappa shape index (κ3) is 5.20. The molecule has 4 heteroatoms. The number of benzene rings is 2. The molecule has 110 valence electrons. The molecule has 0 heterocycles. The number of alkyl halides is 1. The van der Waals surface area contributed by atoms with Gasteiger partial charge in [0, 0.05) is 11.9 Å². The monoisotopic (exact) mass is 305 g/mol. The van der Waals surface area contributed by atoms with Crippen LogP contribution in [0.4, 0.5) is 4.39 Å². The summed E-state index contributed by atoms with van der Waals surface area (Å²) in [6.45, 7) is 0. The molecule has 0 saturated carbocycles. The van der Waals surface area contributed by atoms with Gasteiger partial charge in [-0.05, 0) is 29.7 Å². The second-order valence-electron chi connectivity index (χ2n) is 4.92. The van der Waals surface area contributed by atoms with Gasteiger partial charge in [0.1, 0.15) is 5.82 Å². The Bertz CT molecular complexity index is 588. The third-order valence-corrected chi connectivity index (χ3v) is 3.50. The molecule has 1 amide bonds. The summed E-state index contributed by atoms with van der Waals surface area (Å²) in [5, 5.41) is 2.89. The van der Waals surface area contributed by atoms with Crippen LogP contribution >= 0.6 is 11.6 Å². The van der Waals surface area contributed by atoms with Gasteiger partial charge in [0.05, 0.1) is 6.42 Å². The van der Waals surface area contributed by atoms with E-state index in [2.05, 4.69) is 5.32 Å². The number of rotatable bonds is 6. The van der Waals surface area contributed by atoms with E-state index in [1.165, 1.54) is 12.1 Å². The van der Waals surface area contributed by atoms with Gasteiger partial charge in [0.2, 0.25) is 5.91 Å².